The van der Waals surface area contributed by atoms with Crippen LogP contribution in [0.15, 0.2) is 53.0 Å². The number of hydrogen-bond donors (Lipinski definition) is 1. The second-order valence-electron chi connectivity index (χ2n) is 4.80. The third-order valence-electron chi connectivity index (χ3n) is 3.36. The molecule has 1 unspecified atom stereocenters. The van der Waals surface area contributed by atoms with Crippen LogP contribution in [0.1, 0.15) is 40.9 Å². The van der Waals surface area contributed by atoms with Gasteiger partial charge in [-0.15, -0.1) is 0 Å². The molecule has 1 amide bonds. The molecule has 0 fully saturated rings. The molecule has 2 aromatic carbocycles. The Labute approximate surface area is 128 Å². The Bertz CT molecular complexity index is 595. The summed E-state index contributed by atoms with van der Waals surface area (Å²) in [6.07, 6.45) is 0.864. The Morgan fingerprint density at radius 3 is 2.55 bits per heavy atom. The van der Waals surface area contributed by atoms with Gasteiger partial charge in [0.05, 0.1) is 6.04 Å². The van der Waals surface area contributed by atoms with E-state index in [0.717, 1.165) is 22.0 Å². The fourth-order valence-electron chi connectivity index (χ4n) is 2.18. The summed E-state index contributed by atoms with van der Waals surface area (Å²) in [6.45, 7) is 4.02. The molecule has 0 aromatic heterocycles. The molecule has 0 aliphatic rings. The first-order valence-electron chi connectivity index (χ1n) is 6.73. The van der Waals surface area contributed by atoms with Gasteiger partial charge in [-0.3, -0.25) is 4.79 Å². The maximum Gasteiger partial charge on any atom is 0.252 e. The molecule has 2 nitrogen and oxygen atoms in total. The molecule has 0 radical (unpaired) electrons. The van der Waals surface area contributed by atoms with Gasteiger partial charge in [0.2, 0.25) is 0 Å². The first-order valence-corrected chi connectivity index (χ1v) is 7.53. The van der Waals surface area contributed by atoms with Crippen LogP contribution in [-0.4, -0.2) is 5.91 Å². The molecule has 0 saturated heterocycles. The van der Waals surface area contributed by atoms with Gasteiger partial charge in [0.25, 0.3) is 5.91 Å². The molecule has 2 aromatic rings. The molecule has 1 N–H and O–H groups in total. The zero-order chi connectivity index (χ0) is 14.5. The molecular weight excluding hydrogens is 314 g/mol. The number of nitrogens with one attached hydrogen (secondary N) is 1. The quantitative estimate of drug-likeness (QED) is 0.868. The molecule has 0 saturated carbocycles. The standard InChI is InChI=1S/C17H18BrNO/c1-3-16(13-7-5-4-6-8-13)19-17(20)15-11-14(18)10-9-12(15)2/h4-11,16H,3H2,1-2H3,(H,19,20). The zero-order valence-electron chi connectivity index (χ0n) is 11.7. The Kier molecular flexibility index (Phi) is 4.96. The van der Waals surface area contributed by atoms with E-state index in [4.69, 9.17) is 0 Å². The number of carbonyl (C=O) groups is 1. The van der Waals surface area contributed by atoms with E-state index < -0.39 is 0 Å². The van der Waals surface area contributed by atoms with Crippen LogP contribution in [0.4, 0.5) is 0 Å². The first kappa shape index (κ1) is 14.8. The second-order valence-corrected chi connectivity index (χ2v) is 5.72. The molecule has 2 rings (SSSR count). The number of aryl methyl sites for hydroxylation is 1. The van der Waals surface area contributed by atoms with Crippen molar-refractivity contribution in [3.63, 3.8) is 0 Å². The van der Waals surface area contributed by atoms with E-state index in [0.29, 0.717) is 5.56 Å². The summed E-state index contributed by atoms with van der Waals surface area (Å²) >= 11 is 3.41. The average molecular weight is 332 g/mol. The molecule has 0 heterocycles. The van der Waals surface area contributed by atoms with E-state index in [1.165, 1.54) is 0 Å². The highest BCUT2D eigenvalue weighted by Gasteiger charge is 2.15. The number of amides is 1. The monoisotopic (exact) mass is 331 g/mol. The van der Waals surface area contributed by atoms with Gasteiger partial charge >= 0.3 is 0 Å². The minimum absolute atomic E-state index is 0.0282. The highest BCUT2D eigenvalue weighted by Crippen LogP contribution is 2.20. The van der Waals surface area contributed by atoms with Crippen molar-refractivity contribution < 1.29 is 4.79 Å². The highest BCUT2D eigenvalue weighted by atomic mass is 79.9. The van der Waals surface area contributed by atoms with Crippen LogP contribution < -0.4 is 5.32 Å². The minimum atomic E-state index is -0.0282. The maximum absolute atomic E-state index is 12.4. The molecule has 0 aliphatic heterocycles. The lowest BCUT2D eigenvalue weighted by atomic mass is 10.0. The Balaban J connectivity index is 2.20. The summed E-state index contributed by atoms with van der Waals surface area (Å²) in [6, 6.07) is 15.9. The summed E-state index contributed by atoms with van der Waals surface area (Å²) in [7, 11) is 0. The third kappa shape index (κ3) is 3.48. The van der Waals surface area contributed by atoms with E-state index in [-0.39, 0.29) is 11.9 Å². The average Bonchev–Trinajstić information content (AvgIpc) is 2.48. The van der Waals surface area contributed by atoms with Crippen LogP contribution in [0.3, 0.4) is 0 Å². The molecule has 1 atom stereocenters. The van der Waals surface area contributed by atoms with E-state index in [2.05, 4.69) is 28.2 Å². The van der Waals surface area contributed by atoms with Crippen LogP contribution in [0.2, 0.25) is 0 Å². The lowest BCUT2D eigenvalue weighted by molar-refractivity contribution is 0.0935. The summed E-state index contributed by atoms with van der Waals surface area (Å²) in [5.74, 6) is -0.0282. The van der Waals surface area contributed by atoms with Crippen LogP contribution >= 0.6 is 15.9 Å². The van der Waals surface area contributed by atoms with E-state index in [1.807, 2.05) is 55.5 Å². The van der Waals surface area contributed by atoms with Gasteiger partial charge < -0.3 is 5.32 Å². The summed E-state index contributed by atoms with van der Waals surface area (Å²) < 4.78 is 0.918. The Morgan fingerprint density at radius 1 is 1.20 bits per heavy atom. The topological polar surface area (TPSA) is 29.1 Å². The van der Waals surface area contributed by atoms with E-state index in [1.54, 1.807) is 0 Å². The summed E-state index contributed by atoms with van der Waals surface area (Å²) in [4.78, 5) is 12.4. The molecule has 3 heteroatoms. The van der Waals surface area contributed by atoms with Gasteiger partial charge in [0, 0.05) is 10.0 Å². The number of hydrogen-bond acceptors (Lipinski definition) is 1. The van der Waals surface area contributed by atoms with Crippen molar-refractivity contribution >= 4 is 21.8 Å². The van der Waals surface area contributed by atoms with Crippen molar-refractivity contribution in [2.45, 2.75) is 26.3 Å². The lowest BCUT2D eigenvalue weighted by Gasteiger charge is -2.18. The molecule has 0 bridgehead atoms. The molecule has 20 heavy (non-hydrogen) atoms. The van der Waals surface area contributed by atoms with Gasteiger partial charge in [-0.25, -0.2) is 0 Å². The Hall–Kier alpha value is -1.61. The smallest absolute Gasteiger partial charge is 0.252 e. The molecular formula is C17H18BrNO. The summed E-state index contributed by atoms with van der Waals surface area (Å²) in [5.41, 5.74) is 2.83. The number of benzene rings is 2. The van der Waals surface area contributed by atoms with Gasteiger partial charge in [-0.05, 0) is 36.6 Å². The predicted octanol–water partition coefficient (Wildman–Crippen LogP) is 4.64. The number of rotatable bonds is 4. The van der Waals surface area contributed by atoms with Gasteiger partial charge in [0.1, 0.15) is 0 Å². The predicted molar refractivity (Wildman–Crippen MR) is 85.8 cm³/mol. The zero-order valence-corrected chi connectivity index (χ0v) is 13.3. The van der Waals surface area contributed by atoms with Crippen LogP contribution in [0.5, 0.6) is 0 Å². The van der Waals surface area contributed by atoms with Crippen molar-refractivity contribution in [3.05, 3.63) is 69.7 Å². The van der Waals surface area contributed by atoms with Gasteiger partial charge in [-0.2, -0.15) is 0 Å². The normalized spacial score (nSPS) is 11.9. The van der Waals surface area contributed by atoms with E-state index in [9.17, 15) is 4.79 Å². The molecule has 0 spiro atoms. The maximum atomic E-state index is 12.4. The largest absolute Gasteiger partial charge is 0.345 e. The van der Waals surface area contributed by atoms with Crippen molar-refractivity contribution in [1.82, 2.24) is 5.32 Å². The van der Waals surface area contributed by atoms with Crippen molar-refractivity contribution in [1.29, 1.82) is 0 Å². The molecule has 104 valence electrons. The minimum Gasteiger partial charge on any atom is -0.345 e. The SMILES string of the molecule is CCC(NC(=O)c1cc(Br)ccc1C)c1ccccc1. The first-order chi connectivity index (χ1) is 9.61. The van der Waals surface area contributed by atoms with Crippen LogP contribution in [-0.2, 0) is 0 Å². The number of carbonyl (C=O) groups excluding carboxylic acids is 1. The van der Waals surface area contributed by atoms with Crippen molar-refractivity contribution in [3.8, 4) is 0 Å². The number of halogens is 1. The van der Waals surface area contributed by atoms with Crippen LogP contribution in [0.25, 0.3) is 0 Å². The van der Waals surface area contributed by atoms with Gasteiger partial charge in [0.15, 0.2) is 0 Å². The fraction of sp³-hybridized carbons (Fsp3) is 0.235. The van der Waals surface area contributed by atoms with E-state index >= 15 is 0 Å². The summed E-state index contributed by atoms with van der Waals surface area (Å²) in [5, 5.41) is 3.11. The molecule has 0 aliphatic carbocycles. The third-order valence-corrected chi connectivity index (χ3v) is 3.85. The Morgan fingerprint density at radius 2 is 1.90 bits per heavy atom. The van der Waals surface area contributed by atoms with Gasteiger partial charge in [-0.1, -0.05) is 59.3 Å². The fourth-order valence-corrected chi connectivity index (χ4v) is 2.54. The van der Waals surface area contributed by atoms with Crippen LogP contribution in [0, 0.1) is 6.92 Å². The van der Waals surface area contributed by atoms with Crippen molar-refractivity contribution in [2.75, 3.05) is 0 Å². The van der Waals surface area contributed by atoms with Crippen molar-refractivity contribution in [2.24, 2.45) is 0 Å². The second kappa shape index (κ2) is 6.71. The highest BCUT2D eigenvalue weighted by molar-refractivity contribution is 9.10. The lowest BCUT2D eigenvalue weighted by Crippen LogP contribution is -2.28.